The second-order valence-corrected chi connectivity index (χ2v) is 10.1. The van der Waals surface area contributed by atoms with Crippen LogP contribution in [0, 0.1) is 0 Å². The number of ether oxygens (including phenoxy) is 1. The van der Waals surface area contributed by atoms with Gasteiger partial charge in [-0.15, -0.1) is 11.8 Å². The maximum absolute atomic E-state index is 13.4. The fraction of sp³-hybridized carbons (Fsp3) is 0.250. The molecule has 4 rings (SSSR count). The predicted octanol–water partition coefficient (Wildman–Crippen LogP) is 3.90. The molecule has 1 aliphatic rings. The molecule has 1 fully saturated rings. The lowest BCUT2D eigenvalue weighted by molar-refractivity contribution is 0.390. The molecule has 0 spiro atoms. The molecule has 3 aromatic rings. The molecule has 0 aliphatic carbocycles. The number of nitrogens with zero attached hydrogens (tertiary/aromatic N) is 3. The third-order valence-corrected chi connectivity index (χ3v) is 8.45. The average Bonchev–Trinajstić information content (AvgIpc) is 3.30. The molecule has 10 heteroatoms. The number of benzene rings is 2. The molecule has 6 nitrogen and oxygen atoms in total. The normalized spacial score (nSPS) is 18.5. The van der Waals surface area contributed by atoms with Crippen molar-refractivity contribution in [1.29, 1.82) is 0 Å². The van der Waals surface area contributed by atoms with Gasteiger partial charge in [-0.2, -0.15) is 13.1 Å². The van der Waals surface area contributed by atoms with Crippen LogP contribution in [0.3, 0.4) is 0 Å². The maximum Gasteiger partial charge on any atom is 0.246 e. The van der Waals surface area contributed by atoms with Crippen molar-refractivity contribution in [3.63, 3.8) is 0 Å². The van der Waals surface area contributed by atoms with E-state index in [0.29, 0.717) is 29.1 Å². The highest BCUT2D eigenvalue weighted by molar-refractivity contribution is 9.10. The number of aromatic nitrogens is 2. The summed E-state index contributed by atoms with van der Waals surface area (Å²) in [6, 6.07) is 10.7. The Balaban J connectivity index is 1.82. The van der Waals surface area contributed by atoms with E-state index in [2.05, 4.69) is 24.7 Å². The molecule has 1 atom stereocenters. The van der Waals surface area contributed by atoms with Gasteiger partial charge >= 0.3 is 0 Å². The molecule has 1 saturated heterocycles. The van der Waals surface area contributed by atoms with Crippen molar-refractivity contribution in [2.24, 2.45) is 0 Å². The molecule has 2 heterocycles. The minimum atomic E-state index is -3.72. The predicted molar refractivity (Wildman–Crippen MR) is 107 cm³/mol. The van der Waals surface area contributed by atoms with Crippen LogP contribution in [-0.2, 0) is 10.0 Å². The van der Waals surface area contributed by atoms with Gasteiger partial charge in [-0.3, -0.25) is 0 Å². The molecular formula is C16H14BrN3O3S3. The van der Waals surface area contributed by atoms with Gasteiger partial charge in [-0.25, -0.2) is 8.42 Å². The Bertz CT molecular complexity index is 1070. The van der Waals surface area contributed by atoms with Crippen LogP contribution in [0.15, 0.2) is 45.8 Å². The summed E-state index contributed by atoms with van der Waals surface area (Å²) in [5.74, 6) is 1.38. The third kappa shape index (κ3) is 3.03. The van der Waals surface area contributed by atoms with E-state index in [4.69, 9.17) is 4.74 Å². The van der Waals surface area contributed by atoms with Crippen molar-refractivity contribution in [2.45, 2.75) is 10.3 Å². The van der Waals surface area contributed by atoms with Crippen LogP contribution in [0.4, 0.5) is 0 Å². The summed E-state index contributed by atoms with van der Waals surface area (Å²) >= 11 is 6.07. The van der Waals surface area contributed by atoms with Crippen LogP contribution in [0.2, 0.25) is 0 Å². The molecule has 2 aromatic carbocycles. The molecule has 26 heavy (non-hydrogen) atoms. The zero-order valence-electron chi connectivity index (χ0n) is 13.6. The van der Waals surface area contributed by atoms with Crippen molar-refractivity contribution in [3.05, 3.63) is 46.4 Å². The van der Waals surface area contributed by atoms with Crippen LogP contribution < -0.4 is 4.74 Å². The summed E-state index contributed by atoms with van der Waals surface area (Å²) in [5.41, 5.74) is 1.85. The van der Waals surface area contributed by atoms with Gasteiger partial charge in [0.25, 0.3) is 0 Å². The second-order valence-electron chi connectivity index (χ2n) is 5.61. The first-order valence-corrected chi connectivity index (χ1v) is 11.7. The Morgan fingerprint density at radius 3 is 2.92 bits per heavy atom. The van der Waals surface area contributed by atoms with Gasteiger partial charge in [-0.05, 0) is 30.3 Å². The number of thioether (sulfide) groups is 1. The van der Waals surface area contributed by atoms with Crippen LogP contribution in [0.5, 0.6) is 5.75 Å². The summed E-state index contributed by atoms with van der Waals surface area (Å²) < 4.78 is 43.0. The number of halogens is 1. The molecule has 1 aliphatic heterocycles. The Morgan fingerprint density at radius 1 is 1.27 bits per heavy atom. The Kier molecular flexibility index (Phi) is 4.95. The Hall–Kier alpha value is -1.20. The van der Waals surface area contributed by atoms with Gasteiger partial charge in [0.15, 0.2) is 0 Å². The molecular weight excluding hydrogens is 458 g/mol. The van der Waals surface area contributed by atoms with E-state index in [1.807, 2.05) is 18.2 Å². The van der Waals surface area contributed by atoms with Crippen molar-refractivity contribution in [3.8, 4) is 5.75 Å². The van der Waals surface area contributed by atoms with Crippen molar-refractivity contribution in [1.82, 2.24) is 13.1 Å². The first-order chi connectivity index (χ1) is 12.5. The highest BCUT2D eigenvalue weighted by atomic mass is 79.9. The molecule has 1 aromatic heterocycles. The number of methoxy groups -OCH3 is 1. The van der Waals surface area contributed by atoms with Gasteiger partial charge < -0.3 is 4.74 Å². The van der Waals surface area contributed by atoms with Crippen LogP contribution >= 0.6 is 39.4 Å². The fourth-order valence-electron chi connectivity index (χ4n) is 2.96. The Labute approximate surface area is 168 Å². The van der Waals surface area contributed by atoms with Crippen LogP contribution in [-0.4, -0.2) is 40.9 Å². The second kappa shape index (κ2) is 7.08. The van der Waals surface area contributed by atoms with Gasteiger partial charge in [0, 0.05) is 22.3 Å². The van der Waals surface area contributed by atoms with Crippen LogP contribution in [0.25, 0.3) is 11.0 Å². The molecule has 1 unspecified atom stereocenters. The summed E-state index contributed by atoms with van der Waals surface area (Å²) in [7, 11) is -2.13. The standard InChI is InChI=1S/C16H14BrN3O3S3/c1-23-13-6-5-10(17)9-11(13)16-20(7-8-24-16)26(21,22)14-4-2-3-12-15(14)19-25-18-12/h2-6,9,16H,7-8H2,1H3. The van der Waals surface area contributed by atoms with E-state index < -0.39 is 10.0 Å². The molecule has 0 bridgehead atoms. The topological polar surface area (TPSA) is 72.4 Å². The largest absolute Gasteiger partial charge is 0.496 e. The number of sulfonamides is 1. The lowest BCUT2D eigenvalue weighted by Crippen LogP contribution is -2.31. The molecule has 0 amide bonds. The number of hydrogen-bond donors (Lipinski definition) is 0. The molecule has 136 valence electrons. The fourth-order valence-corrected chi connectivity index (χ4v) is 7.34. The summed E-state index contributed by atoms with van der Waals surface area (Å²) in [6.07, 6.45) is 0. The van der Waals surface area contributed by atoms with Gasteiger partial charge in [0.1, 0.15) is 21.7 Å². The zero-order valence-corrected chi connectivity index (χ0v) is 17.7. The SMILES string of the molecule is COc1ccc(Br)cc1C1SCCN1S(=O)(=O)c1cccc2nsnc12. The number of rotatable bonds is 4. The quantitative estimate of drug-likeness (QED) is 0.574. The van der Waals surface area contributed by atoms with Crippen molar-refractivity contribution >= 4 is 60.5 Å². The van der Waals surface area contributed by atoms with E-state index in [9.17, 15) is 8.42 Å². The lowest BCUT2D eigenvalue weighted by Gasteiger charge is -2.25. The monoisotopic (exact) mass is 471 g/mol. The highest BCUT2D eigenvalue weighted by Gasteiger charge is 2.39. The van der Waals surface area contributed by atoms with Gasteiger partial charge in [0.05, 0.1) is 24.2 Å². The summed E-state index contributed by atoms with van der Waals surface area (Å²) in [4.78, 5) is 0.199. The smallest absolute Gasteiger partial charge is 0.246 e. The average molecular weight is 472 g/mol. The number of hydrogen-bond acceptors (Lipinski definition) is 7. The van der Waals surface area contributed by atoms with E-state index in [1.54, 1.807) is 37.1 Å². The number of fused-ring (bicyclic) bond motifs is 1. The summed E-state index contributed by atoms with van der Waals surface area (Å²) in [5, 5.41) is -0.352. The van der Waals surface area contributed by atoms with E-state index in [1.165, 1.54) is 4.31 Å². The molecule has 0 N–H and O–H groups in total. The summed E-state index contributed by atoms with van der Waals surface area (Å²) in [6.45, 7) is 0.432. The molecule has 0 radical (unpaired) electrons. The van der Waals surface area contributed by atoms with E-state index >= 15 is 0 Å². The third-order valence-electron chi connectivity index (χ3n) is 4.14. The first kappa shape index (κ1) is 18.2. The van der Waals surface area contributed by atoms with Crippen molar-refractivity contribution in [2.75, 3.05) is 19.4 Å². The Morgan fingerprint density at radius 2 is 2.12 bits per heavy atom. The minimum Gasteiger partial charge on any atom is -0.496 e. The van der Waals surface area contributed by atoms with E-state index in [-0.39, 0.29) is 10.3 Å². The van der Waals surface area contributed by atoms with Gasteiger partial charge in [0.2, 0.25) is 10.0 Å². The zero-order chi connectivity index (χ0) is 18.3. The first-order valence-electron chi connectivity index (χ1n) is 7.70. The minimum absolute atomic E-state index is 0.199. The maximum atomic E-state index is 13.4. The van der Waals surface area contributed by atoms with E-state index in [0.717, 1.165) is 21.8 Å². The lowest BCUT2D eigenvalue weighted by atomic mass is 10.2. The molecule has 0 saturated carbocycles. The van der Waals surface area contributed by atoms with Crippen LogP contribution in [0.1, 0.15) is 10.9 Å². The highest BCUT2D eigenvalue weighted by Crippen LogP contribution is 2.45. The van der Waals surface area contributed by atoms with Crippen molar-refractivity contribution < 1.29 is 13.2 Å². The van der Waals surface area contributed by atoms with Gasteiger partial charge in [-0.1, -0.05) is 22.0 Å².